The van der Waals surface area contributed by atoms with Crippen molar-refractivity contribution >= 4 is 10.9 Å². The van der Waals surface area contributed by atoms with E-state index in [4.69, 9.17) is 10.8 Å². The van der Waals surface area contributed by atoms with Crippen LogP contribution in [0.25, 0.3) is 10.9 Å². The summed E-state index contributed by atoms with van der Waals surface area (Å²) in [5.74, 6) is 0.148. The Labute approximate surface area is 94.9 Å². The third kappa shape index (κ3) is 2.21. The first kappa shape index (κ1) is 11.0. The van der Waals surface area contributed by atoms with Gasteiger partial charge in [0.1, 0.15) is 0 Å². The Bertz CT molecular complexity index is 470. The molecule has 3 heteroatoms. The second-order valence-electron chi connectivity index (χ2n) is 3.87. The highest BCUT2D eigenvalue weighted by atomic mass is 16.3. The van der Waals surface area contributed by atoms with Crippen LogP contribution in [0.3, 0.4) is 0 Å². The first-order valence-electron chi connectivity index (χ1n) is 5.51. The number of rotatable bonds is 4. The van der Waals surface area contributed by atoms with Crippen molar-refractivity contribution < 1.29 is 5.11 Å². The standard InChI is InChI=1S/C13H16N2O/c14-9-11(7-8-16)13-6-5-10-3-1-2-4-12(10)15-13/h1-6,11,16H,7-9,14H2. The number of nitrogens with zero attached hydrogens (tertiary/aromatic N) is 1. The molecule has 1 aromatic heterocycles. The molecule has 0 saturated carbocycles. The minimum absolute atomic E-state index is 0.148. The molecule has 0 aliphatic rings. The zero-order valence-corrected chi connectivity index (χ0v) is 9.13. The van der Waals surface area contributed by atoms with E-state index < -0.39 is 0 Å². The van der Waals surface area contributed by atoms with Gasteiger partial charge in [0.25, 0.3) is 0 Å². The molecule has 0 radical (unpaired) electrons. The van der Waals surface area contributed by atoms with Gasteiger partial charge in [-0.15, -0.1) is 0 Å². The molecular weight excluding hydrogens is 200 g/mol. The summed E-state index contributed by atoms with van der Waals surface area (Å²) in [5.41, 5.74) is 7.63. The van der Waals surface area contributed by atoms with Crippen molar-refractivity contribution in [3.8, 4) is 0 Å². The largest absolute Gasteiger partial charge is 0.396 e. The third-order valence-electron chi connectivity index (χ3n) is 2.80. The van der Waals surface area contributed by atoms with Crippen LogP contribution >= 0.6 is 0 Å². The number of aromatic nitrogens is 1. The van der Waals surface area contributed by atoms with Crippen molar-refractivity contribution in [3.05, 3.63) is 42.1 Å². The van der Waals surface area contributed by atoms with Crippen LogP contribution in [-0.2, 0) is 0 Å². The highest BCUT2D eigenvalue weighted by molar-refractivity contribution is 5.78. The highest BCUT2D eigenvalue weighted by Gasteiger charge is 2.10. The molecule has 0 fully saturated rings. The summed E-state index contributed by atoms with van der Waals surface area (Å²) >= 11 is 0. The van der Waals surface area contributed by atoms with Crippen LogP contribution in [0.4, 0.5) is 0 Å². The summed E-state index contributed by atoms with van der Waals surface area (Å²) in [5, 5.41) is 10.1. The maximum Gasteiger partial charge on any atom is 0.0705 e. The average Bonchev–Trinajstić information content (AvgIpc) is 2.35. The molecular formula is C13H16N2O. The minimum Gasteiger partial charge on any atom is -0.396 e. The van der Waals surface area contributed by atoms with Crippen LogP contribution in [0, 0.1) is 0 Å². The number of nitrogens with two attached hydrogens (primary N) is 1. The monoisotopic (exact) mass is 216 g/mol. The number of hydrogen-bond donors (Lipinski definition) is 2. The maximum absolute atomic E-state index is 8.96. The van der Waals surface area contributed by atoms with Crippen LogP contribution < -0.4 is 5.73 Å². The lowest BCUT2D eigenvalue weighted by Crippen LogP contribution is -2.15. The molecule has 16 heavy (non-hydrogen) atoms. The second kappa shape index (κ2) is 5.05. The van der Waals surface area contributed by atoms with Gasteiger partial charge in [-0.2, -0.15) is 0 Å². The maximum atomic E-state index is 8.96. The van der Waals surface area contributed by atoms with Gasteiger partial charge in [-0.25, -0.2) is 0 Å². The van der Waals surface area contributed by atoms with Gasteiger partial charge in [-0.05, 0) is 18.6 Å². The lowest BCUT2D eigenvalue weighted by atomic mass is 10.0. The van der Waals surface area contributed by atoms with E-state index in [0.717, 1.165) is 16.6 Å². The molecule has 84 valence electrons. The van der Waals surface area contributed by atoms with Gasteiger partial charge in [0.2, 0.25) is 0 Å². The number of aliphatic hydroxyl groups is 1. The van der Waals surface area contributed by atoms with Crippen LogP contribution in [0.1, 0.15) is 18.0 Å². The van der Waals surface area contributed by atoms with Crippen molar-refractivity contribution in [3.63, 3.8) is 0 Å². The number of aliphatic hydroxyl groups excluding tert-OH is 1. The number of hydrogen-bond acceptors (Lipinski definition) is 3. The predicted octanol–water partition coefficient (Wildman–Crippen LogP) is 1.66. The molecule has 3 nitrogen and oxygen atoms in total. The molecule has 1 aromatic carbocycles. The summed E-state index contributed by atoms with van der Waals surface area (Å²) < 4.78 is 0. The zero-order chi connectivity index (χ0) is 11.4. The molecule has 2 aromatic rings. The van der Waals surface area contributed by atoms with E-state index in [9.17, 15) is 0 Å². The lowest BCUT2D eigenvalue weighted by molar-refractivity contribution is 0.275. The average molecular weight is 216 g/mol. The Morgan fingerprint density at radius 2 is 2.00 bits per heavy atom. The van der Waals surface area contributed by atoms with Crippen LogP contribution in [-0.4, -0.2) is 23.2 Å². The van der Waals surface area contributed by atoms with Crippen molar-refractivity contribution in [1.82, 2.24) is 4.98 Å². The SMILES string of the molecule is NCC(CCO)c1ccc2ccccc2n1. The van der Waals surface area contributed by atoms with Crippen LogP contribution in [0.2, 0.25) is 0 Å². The van der Waals surface area contributed by atoms with Gasteiger partial charge in [-0.1, -0.05) is 24.3 Å². The number of benzene rings is 1. The molecule has 1 unspecified atom stereocenters. The summed E-state index contributed by atoms with van der Waals surface area (Å²) in [4.78, 5) is 4.57. The quantitative estimate of drug-likeness (QED) is 0.817. The Morgan fingerprint density at radius 1 is 1.19 bits per heavy atom. The lowest BCUT2D eigenvalue weighted by Gasteiger charge is -2.13. The summed E-state index contributed by atoms with van der Waals surface area (Å²) in [6.45, 7) is 0.669. The van der Waals surface area contributed by atoms with E-state index >= 15 is 0 Å². The molecule has 0 aliphatic heterocycles. The van der Waals surface area contributed by atoms with Crippen molar-refractivity contribution in [1.29, 1.82) is 0 Å². The first-order chi connectivity index (χ1) is 7.85. The van der Waals surface area contributed by atoms with Gasteiger partial charge in [-0.3, -0.25) is 4.98 Å². The second-order valence-corrected chi connectivity index (χ2v) is 3.87. The number of para-hydroxylation sites is 1. The predicted molar refractivity (Wildman–Crippen MR) is 65.2 cm³/mol. The van der Waals surface area contributed by atoms with E-state index in [1.807, 2.05) is 30.3 Å². The topological polar surface area (TPSA) is 59.1 Å². The Balaban J connectivity index is 2.37. The molecule has 2 rings (SSSR count). The number of pyridine rings is 1. The van der Waals surface area contributed by atoms with Gasteiger partial charge < -0.3 is 10.8 Å². The molecule has 3 N–H and O–H groups in total. The van der Waals surface area contributed by atoms with E-state index in [1.54, 1.807) is 0 Å². The summed E-state index contributed by atoms with van der Waals surface area (Å²) in [6, 6.07) is 12.1. The molecule has 0 spiro atoms. The van der Waals surface area contributed by atoms with Crippen molar-refractivity contribution in [2.24, 2.45) is 5.73 Å². The van der Waals surface area contributed by atoms with Crippen LogP contribution in [0.15, 0.2) is 36.4 Å². The Kier molecular flexibility index (Phi) is 3.49. The van der Waals surface area contributed by atoms with Crippen molar-refractivity contribution in [2.75, 3.05) is 13.2 Å². The fourth-order valence-electron chi connectivity index (χ4n) is 1.85. The van der Waals surface area contributed by atoms with Crippen molar-refractivity contribution in [2.45, 2.75) is 12.3 Å². The molecule has 1 atom stereocenters. The van der Waals surface area contributed by atoms with Gasteiger partial charge >= 0.3 is 0 Å². The fraction of sp³-hybridized carbons (Fsp3) is 0.308. The minimum atomic E-state index is 0.148. The normalized spacial score (nSPS) is 12.9. The molecule has 1 heterocycles. The van der Waals surface area contributed by atoms with Crippen LogP contribution in [0.5, 0.6) is 0 Å². The van der Waals surface area contributed by atoms with Gasteiger partial charge in [0, 0.05) is 30.1 Å². The summed E-state index contributed by atoms with van der Waals surface area (Å²) in [7, 11) is 0. The molecule has 0 aliphatic carbocycles. The van der Waals surface area contributed by atoms with E-state index in [2.05, 4.69) is 11.1 Å². The Hall–Kier alpha value is -1.45. The number of fused-ring (bicyclic) bond motifs is 1. The van der Waals surface area contributed by atoms with Gasteiger partial charge in [0.05, 0.1) is 5.52 Å². The van der Waals surface area contributed by atoms with Gasteiger partial charge in [0.15, 0.2) is 0 Å². The van der Waals surface area contributed by atoms with E-state index in [0.29, 0.717) is 13.0 Å². The fourth-order valence-corrected chi connectivity index (χ4v) is 1.85. The highest BCUT2D eigenvalue weighted by Crippen LogP contribution is 2.19. The third-order valence-corrected chi connectivity index (χ3v) is 2.80. The zero-order valence-electron chi connectivity index (χ0n) is 9.13. The molecule has 0 saturated heterocycles. The van der Waals surface area contributed by atoms with E-state index in [1.165, 1.54) is 0 Å². The van der Waals surface area contributed by atoms with E-state index in [-0.39, 0.29) is 12.5 Å². The smallest absolute Gasteiger partial charge is 0.0705 e. The Morgan fingerprint density at radius 3 is 2.75 bits per heavy atom. The molecule has 0 amide bonds. The first-order valence-corrected chi connectivity index (χ1v) is 5.51. The summed E-state index contributed by atoms with van der Waals surface area (Å²) in [6.07, 6.45) is 0.668. The molecule has 0 bridgehead atoms.